The summed E-state index contributed by atoms with van der Waals surface area (Å²) < 4.78 is 0. The van der Waals surface area contributed by atoms with Crippen molar-refractivity contribution in [2.24, 2.45) is 0 Å². The predicted octanol–water partition coefficient (Wildman–Crippen LogP) is 1.95. The first-order valence-corrected chi connectivity index (χ1v) is 3.35. The van der Waals surface area contributed by atoms with Crippen LogP contribution in [-0.4, -0.2) is 4.98 Å². The first kappa shape index (κ1) is 6.06. The fourth-order valence-corrected chi connectivity index (χ4v) is 1.07. The molecular formula is C10H6N. The lowest BCUT2D eigenvalue weighted by atomic mass is 10.2. The molecule has 1 N–H and O–H groups in total. The van der Waals surface area contributed by atoms with Gasteiger partial charge in [0.25, 0.3) is 0 Å². The number of aromatic amines is 1. The van der Waals surface area contributed by atoms with Crippen LogP contribution in [0.15, 0.2) is 24.3 Å². The second-order valence-electron chi connectivity index (χ2n) is 2.36. The SMILES string of the molecule is C#Cc1ccc2c[c][nH]c2c1. The van der Waals surface area contributed by atoms with E-state index in [9.17, 15) is 0 Å². The van der Waals surface area contributed by atoms with Gasteiger partial charge < -0.3 is 4.98 Å². The van der Waals surface area contributed by atoms with Crippen LogP contribution in [0.25, 0.3) is 10.9 Å². The minimum atomic E-state index is 0.897. The molecule has 1 nitrogen and oxygen atoms in total. The molecule has 0 aliphatic rings. The maximum Gasteiger partial charge on any atom is 0.0630 e. The molecule has 0 bridgehead atoms. The maximum atomic E-state index is 5.24. The van der Waals surface area contributed by atoms with Gasteiger partial charge in [0.2, 0.25) is 0 Å². The van der Waals surface area contributed by atoms with E-state index in [4.69, 9.17) is 6.42 Å². The van der Waals surface area contributed by atoms with Crippen molar-refractivity contribution in [1.82, 2.24) is 4.98 Å². The standard InChI is InChI=1S/C10H6N/c1-2-8-3-4-9-5-6-11-10(9)7-8/h1,3-5,7,11H. The zero-order valence-corrected chi connectivity index (χ0v) is 5.89. The second-order valence-corrected chi connectivity index (χ2v) is 2.36. The predicted molar refractivity (Wildman–Crippen MR) is 45.1 cm³/mol. The van der Waals surface area contributed by atoms with Crippen LogP contribution in [0.3, 0.4) is 0 Å². The lowest BCUT2D eigenvalue weighted by molar-refractivity contribution is 1.45. The van der Waals surface area contributed by atoms with E-state index in [1.54, 1.807) is 0 Å². The molecule has 51 valence electrons. The lowest BCUT2D eigenvalue weighted by Gasteiger charge is -1.90. The van der Waals surface area contributed by atoms with Crippen molar-refractivity contribution in [3.8, 4) is 12.3 Å². The Morgan fingerprint density at radius 2 is 2.36 bits per heavy atom. The molecule has 1 aromatic heterocycles. The monoisotopic (exact) mass is 140 g/mol. The molecule has 0 unspecified atom stereocenters. The number of benzene rings is 1. The third-order valence-electron chi connectivity index (χ3n) is 1.65. The summed E-state index contributed by atoms with van der Waals surface area (Å²) in [5, 5.41) is 1.14. The van der Waals surface area contributed by atoms with Crippen LogP contribution < -0.4 is 0 Å². The molecule has 1 aromatic carbocycles. The van der Waals surface area contributed by atoms with E-state index in [0.29, 0.717) is 0 Å². The average Bonchev–Trinajstić information content (AvgIpc) is 2.50. The molecule has 1 heteroatoms. The van der Waals surface area contributed by atoms with Crippen molar-refractivity contribution in [1.29, 1.82) is 0 Å². The number of aromatic nitrogens is 1. The number of nitrogens with one attached hydrogen (secondary N) is 1. The lowest BCUT2D eigenvalue weighted by Crippen LogP contribution is -1.72. The molecule has 0 saturated heterocycles. The summed E-state index contributed by atoms with van der Waals surface area (Å²) in [6.07, 6.45) is 8.13. The third kappa shape index (κ3) is 0.890. The summed E-state index contributed by atoms with van der Waals surface area (Å²) in [5.74, 6) is 2.58. The highest BCUT2D eigenvalue weighted by atomic mass is 14.7. The van der Waals surface area contributed by atoms with Crippen LogP contribution in [0.1, 0.15) is 5.56 Å². The zero-order valence-electron chi connectivity index (χ0n) is 5.89. The Hall–Kier alpha value is -1.68. The highest BCUT2D eigenvalue weighted by molar-refractivity contribution is 5.80. The van der Waals surface area contributed by atoms with E-state index in [2.05, 4.69) is 17.1 Å². The summed E-state index contributed by atoms with van der Waals surface area (Å²) in [6, 6.07) is 7.74. The molecule has 0 spiro atoms. The van der Waals surface area contributed by atoms with E-state index in [1.807, 2.05) is 24.3 Å². The highest BCUT2D eigenvalue weighted by Gasteiger charge is 1.93. The van der Waals surface area contributed by atoms with Gasteiger partial charge in [-0.25, -0.2) is 0 Å². The molecule has 0 aliphatic heterocycles. The van der Waals surface area contributed by atoms with E-state index in [1.165, 1.54) is 0 Å². The van der Waals surface area contributed by atoms with Gasteiger partial charge in [0.1, 0.15) is 0 Å². The van der Waals surface area contributed by atoms with Crippen LogP contribution in [-0.2, 0) is 0 Å². The number of hydrogen-bond acceptors (Lipinski definition) is 0. The van der Waals surface area contributed by atoms with Crippen LogP contribution in [0.5, 0.6) is 0 Å². The smallest absolute Gasteiger partial charge is 0.0630 e. The van der Waals surface area contributed by atoms with Gasteiger partial charge in [0.15, 0.2) is 0 Å². The van der Waals surface area contributed by atoms with Gasteiger partial charge in [-0.15, -0.1) is 6.42 Å². The summed E-state index contributed by atoms with van der Waals surface area (Å²) in [5.41, 5.74) is 1.94. The molecular weight excluding hydrogens is 134 g/mol. The summed E-state index contributed by atoms with van der Waals surface area (Å²) in [7, 11) is 0. The van der Waals surface area contributed by atoms with Crippen LogP contribution in [0.2, 0.25) is 0 Å². The molecule has 0 aliphatic carbocycles. The second kappa shape index (κ2) is 2.17. The number of hydrogen-bond donors (Lipinski definition) is 1. The number of H-pyrrole nitrogens is 1. The van der Waals surface area contributed by atoms with Gasteiger partial charge in [-0.2, -0.15) is 0 Å². The summed E-state index contributed by atoms with van der Waals surface area (Å²) >= 11 is 0. The Labute approximate surface area is 65.1 Å². The number of terminal acetylenes is 1. The maximum absolute atomic E-state index is 5.24. The average molecular weight is 140 g/mol. The Kier molecular flexibility index (Phi) is 1.20. The van der Waals surface area contributed by atoms with Gasteiger partial charge >= 0.3 is 0 Å². The molecule has 1 radical (unpaired) electrons. The van der Waals surface area contributed by atoms with Crippen LogP contribution >= 0.6 is 0 Å². The van der Waals surface area contributed by atoms with Gasteiger partial charge in [-0.3, -0.25) is 0 Å². The fourth-order valence-electron chi connectivity index (χ4n) is 1.07. The summed E-state index contributed by atoms with van der Waals surface area (Å²) in [6.45, 7) is 0. The van der Waals surface area contributed by atoms with Crippen molar-refractivity contribution in [3.05, 3.63) is 36.0 Å². The van der Waals surface area contributed by atoms with Gasteiger partial charge in [-0.05, 0) is 18.2 Å². The van der Waals surface area contributed by atoms with E-state index in [-0.39, 0.29) is 0 Å². The quantitative estimate of drug-likeness (QED) is 0.538. The Balaban J connectivity index is 2.79. The van der Waals surface area contributed by atoms with E-state index < -0.39 is 0 Å². The van der Waals surface area contributed by atoms with Crippen molar-refractivity contribution in [3.63, 3.8) is 0 Å². The van der Waals surface area contributed by atoms with E-state index in [0.717, 1.165) is 16.5 Å². The van der Waals surface area contributed by atoms with E-state index >= 15 is 0 Å². The Bertz CT molecular complexity index is 418. The largest absolute Gasteiger partial charge is 0.353 e. The summed E-state index contributed by atoms with van der Waals surface area (Å²) in [4.78, 5) is 2.97. The van der Waals surface area contributed by atoms with Gasteiger partial charge in [0.05, 0.1) is 6.20 Å². The van der Waals surface area contributed by atoms with Gasteiger partial charge in [0, 0.05) is 16.5 Å². The first-order chi connectivity index (χ1) is 5.40. The van der Waals surface area contributed by atoms with Crippen LogP contribution in [0, 0.1) is 18.5 Å². The fraction of sp³-hybridized carbons (Fsp3) is 0. The van der Waals surface area contributed by atoms with Crippen molar-refractivity contribution >= 4 is 10.9 Å². The molecule has 11 heavy (non-hydrogen) atoms. The van der Waals surface area contributed by atoms with Gasteiger partial charge in [-0.1, -0.05) is 12.0 Å². The number of fused-ring (bicyclic) bond motifs is 1. The molecule has 0 saturated carbocycles. The third-order valence-corrected chi connectivity index (χ3v) is 1.65. The van der Waals surface area contributed by atoms with Crippen molar-refractivity contribution in [2.45, 2.75) is 0 Å². The molecule has 0 fully saturated rings. The minimum Gasteiger partial charge on any atom is -0.353 e. The highest BCUT2D eigenvalue weighted by Crippen LogP contribution is 2.12. The number of rotatable bonds is 0. The van der Waals surface area contributed by atoms with Crippen molar-refractivity contribution in [2.75, 3.05) is 0 Å². The molecule has 2 aromatic rings. The van der Waals surface area contributed by atoms with Crippen LogP contribution in [0.4, 0.5) is 0 Å². The normalized spacial score (nSPS) is 9.73. The topological polar surface area (TPSA) is 15.8 Å². The first-order valence-electron chi connectivity index (χ1n) is 3.35. The Morgan fingerprint density at radius 3 is 3.18 bits per heavy atom. The Morgan fingerprint density at radius 1 is 1.45 bits per heavy atom. The molecule has 0 atom stereocenters. The molecule has 0 amide bonds. The zero-order chi connectivity index (χ0) is 7.68. The minimum absolute atomic E-state index is 0.897. The van der Waals surface area contributed by atoms with Crippen molar-refractivity contribution < 1.29 is 0 Å². The molecule has 1 heterocycles. The molecule has 2 rings (SSSR count).